The Balaban J connectivity index is 1.70. The van der Waals surface area contributed by atoms with E-state index in [4.69, 9.17) is 6.42 Å². The predicted octanol–water partition coefficient (Wildman–Crippen LogP) is 3.56. The Labute approximate surface area is 149 Å². The van der Waals surface area contributed by atoms with Gasteiger partial charge in [-0.1, -0.05) is 24.3 Å². The molecule has 3 aliphatic rings. The molecule has 3 aliphatic heterocycles. The summed E-state index contributed by atoms with van der Waals surface area (Å²) in [6.07, 6.45) is 11.9. The van der Waals surface area contributed by atoms with Crippen molar-refractivity contribution >= 4 is 10.9 Å². The predicted molar refractivity (Wildman–Crippen MR) is 101 cm³/mol. The van der Waals surface area contributed by atoms with Crippen LogP contribution in [0.15, 0.2) is 49.2 Å². The second-order valence-electron chi connectivity index (χ2n) is 7.24. The zero-order valence-corrected chi connectivity index (χ0v) is 14.4. The highest BCUT2D eigenvalue weighted by Crippen LogP contribution is 2.46. The number of pyridine rings is 1. The fourth-order valence-corrected chi connectivity index (χ4v) is 4.96. The van der Waals surface area contributed by atoms with E-state index in [9.17, 15) is 5.11 Å². The van der Waals surface area contributed by atoms with Gasteiger partial charge < -0.3 is 5.11 Å². The van der Waals surface area contributed by atoms with Gasteiger partial charge in [-0.2, -0.15) is 0 Å². The summed E-state index contributed by atoms with van der Waals surface area (Å²) < 4.78 is 0. The number of aliphatic hydroxyl groups is 1. The molecule has 0 spiro atoms. The average molecular weight is 332 g/mol. The molecule has 2 bridgehead atoms. The number of terminal acetylenes is 1. The summed E-state index contributed by atoms with van der Waals surface area (Å²) in [6.45, 7) is 5.04. The van der Waals surface area contributed by atoms with Gasteiger partial charge in [0.15, 0.2) is 0 Å². The van der Waals surface area contributed by atoms with Crippen LogP contribution in [0, 0.1) is 24.2 Å². The van der Waals surface area contributed by atoms with Crippen LogP contribution in [0.3, 0.4) is 0 Å². The molecule has 25 heavy (non-hydrogen) atoms. The summed E-state index contributed by atoms with van der Waals surface area (Å²) in [7, 11) is 0. The molecule has 2 unspecified atom stereocenters. The molecular weight excluding hydrogens is 308 g/mol. The van der Waals surface area contributed by atoms with Gasteiger partial charge in [0.2, 0.25) is 0 Å². The van der Waals surface area contributed by atoms with E-state index in [1.807, 2.05) is 30.3 Å². The van der Waals surface area contributed by atoms with E-state index >= 15 is 0 Å². The zero-order chi connectivity index (χ0) is 17.4. The molecule has 0 amide bonds. The summed E-state index contributed by atoms with van der Waals surface area (Å²) >= 11 is 0. The molecule has 3 nitrogen and oxygen atoms in total. The number of aliphatic hydroxyl groups excluding tert-OH is 1. The van der Waals surface area contributed by atoms with Gasteiger partial charge in [0, 0.05) is 30.1 Å². The number of hydrogen-bond donors (Lipinski definition) is 1. The molecule has 4 heterocycles. The van der Waals surface area contributed by atoms with Crippen LogP contribution in [0.4, 0.5) is 0 Å². The first-order chi connectivity index (χ1) is 12.2. The molecule has 128 valence electrons. The van der Waals surface area contributed by atoms with Crippen LogP contribution < -0.4 is 0 Å². The van der Waals surface area contributed by atoms with Gasteiger partial charge in [0.1, 0.15) is 0 Å². The minimum atomic E-state index is -0.526. The Hall–Kier alpha value is -2.15. The second kappa shape index (κ2) is 6.63. The quantitative estimate of drug-likeness (QED) is 0.687. The van der Waals surface area contributed by atoms with Crippen LogP contribution in [0.2, 0.25) is 0 Å². The normalized spacial score (nSPS) is 32.2. The van der Waals surface area contributed by atoms with E-state index in [1.165, 1.54) is 0 Å². The summed E-state index contributed by atoms with van der Waals surface area (Å²) in [5.41, 5.74) is 1.90. The first-order valence-electron chi connectivity index (χ1n) is 9.08. The molecular formula is C22H24N2O. The van der Waals surface area contributed by atoms with E-state index in [0.717, 1.165) is 35.9 Å². The van der Waals surface area contributed by atoms with Gasteiger partial charge in [-0.15, -0.1) is 18.9 Å². The molecule has 0 saturated carbocycles. The lowest BCUT2D eigenvalue weighted by Crippen LogP contribution is -2.60. The van der Waals surface area contributed by atoms with Gasteiger partial charge in [-0.05, 0) is 48.9 Å². The minimum Gasteiger partial charge on any atom is -0.387 e. The second-order valence-corrected chi connectivity index (χ2v) is 7.24. The van der Waals surface area contributed by atoms with Gasteiger partial charge in [-0.3, -0.25) is 9.88 Å². The molecule has 1 N–H and O–H groups in total. The van der Waals surface area contributed by atoms with E-state index in [0.29, 0.717) is 24.3 Å². The standard InChI is InChI=1S/C22H24N2O/c1-3-7-20-16(4-2)15-11-13-24(20)21(14-15)22(25)18-10-12-23-19-9-6-5-8-17(18)19/h1,4-6,8-10,12,15-16,20-22,25H,2,7,11,13-14H2/t15-,16-,20?,21-,22+/m0/s1. The summed E-state index contributed by atoms with van der Waals surface area (Å²) in [4.78, 5) is 6.86. The van der Waals surface area contributed by atoms with Crippen molar-refractivity contribution in [2.24, 2.45) is 11.8 Å². The van der Waals surface area contributed by atoms with Gasteiger partial charge in [0.05, 0.1) is 11.6 Å². The molecule has 1 aromatic heterocycles. The average Bonchev–Trinajstić information content (AvgIpc) is 2.67. The molecule has 6 atom stereocenters. The summed E-state index contributed by atoms with van der Waals surface area (Å²) in [5, 5.41) is 12.3. The number of nitrogens with zero attached hydrogens (tertiary/aromatic N) is 2. The smallest absolute Gasteiger partial charge is 0.0952 e. The van der Waals surface area contributed by atoms with Crippen molar-refractivity contribution in [2.75, 3.05) is 6.54 Å². The van der Waals surface area contributed by atoms with Crippen LogP contribution in [0.1, 0.15) is 30.9 Å². The zero-order valence-electron chi connectivity index (χ0n) is 14.4. The number of piperidine rings is 3. The number of rotatable bonds is 4. The lowest BCUT2D eigenvalue weighted by atomic mass is 9.68. The third-order valence-electron chi connectivity index (χ3n) is 6.11. The van der Waals surface area contributed by atoms with Crippen molar-refractivity contribution in [1.29, 1.82) is 0 Å². The number of para-hydroxylation sites is 1. The number of benzene rings is 1. The number of aromatic nitrogens is 1. The fraction of sp³-hybridized carbons (Fsp3) is 0.409. The largest absolute Gasteiger partial charge is 0.387 e. The monoisotopic (exact) mass is 332 g/mol. The molecule has 5 rings (SSSR count). The molecule has 3 heteroatoms. The molecule has 3 fully saturated rings. The highest BCUT2D eigenvalue weighted by Gasteiger charge is 2.47. The van der Waals surface area contributed by atoms with Crippen molar-refractivity contribution < 1.29 is 5.11 Å². The maximum atomic E-state index is 11.3. The van der Waals surface area contributed by atoms with Gasteiger partial charge >= 0.3 is 0 Å². The van der Waals surface area contributed by atoms with Crippen LogP contribution in [0.5, 0.6) is 0 Å². The van der Waals surface area contributed by atoms with Crippen molar-refractivity contribution in [3.05, 3.63) is 54.7 Å². The van der Waals surface area contributed by atoms with Gasteiger partial charge in [-0.25, -0.2) is 0 Å². The van der Waals surface area contributed by atoms with E-state index < -0.39 is 6.10 Å². The maximum absolute atomic E-state index is 11.3. The molecule has 1 aromatic carbocycles. The molecule has 3 saturated heterocycles. The van der Waals surface area contributed by atoms with Crippen molar-refractivity contribution in [1.82, 2.24) is 9.88 Å². The van der Waals surface area contributed by atoms with Crippen molar-refractivity contribution in [3.63, 3.8) is 0 Å². The Kier molecular flexibility index (Phi) is 4.33. The fourth-order valence-electron chi connectivity index (χ4n) is 4.96. The molecule has 0 radical (unpaired) electrons. The highest BCUT2D eigenvalue weighted by molar-refractivity contribution is 5.82. The van der Waals surface area contributed by atoms with Crippen LogP contribution >= 0.6 is 0 Å². The Morgan fingerprint density at radius 1 is 1.40 bits per heavy atom. The Morgan fingerprint density at radius 3 is 3.04 bits per heavy atom. The van der Waals surface area contributed by atoms with Crippen LogP contribution in [-0.2, 0) is 0 Å². The van der Waals surface area contributed by atoms with Crippen LogP contribution in [0.25, 0.3) is 10.9 Å². The third kappa shape index (κ3) is 2.66. The lowest BCUT2D eigenvalue weighted by molar-refractivity contribution is -0.0809. The molecule has 2 aromatic rings. The van der Waals surface area contributed by atoms with E-state index in [-0.39, 0.29) is 6.04 Å². The van der Waals surface area contributed by atoms with E-state index in [2.05, 4.69) is 28.5 Å². The third-order valence-corrected chi connectivity index (χ3v) is 6.11. The highest BCUT2D eigenvalue weighted by atomic mass is 16.3. The lowest BCUT2D eigenvalue weighted by Gasteiger charge is -2.55. The number of fused-ring (bicyclic) bond motifs is 4. The Bertz CT molecular complexity index is 819. The Morgan fingerprint density at radius 2 is 2.24 bits per heavy atom. The van der Waals surface area contributed by atoms with Crippen molar-refractivity contribution in [3.8, 4) is 12.3 Å². The summed E-state index contributed by atoms with van der Waals surface area (Å²) in [6, 6.07) is 10.4. The van der Waals surface area contributed by atoms with Crippen molar-refractivity contribution in [2.45, 2.75) is 37.5 Å². The maximum Gasteiger partial charge on any atom is 0.0952 e. The first kappa shape index (κ1) is 16.3. The van der Waals surface area contributed by atoms with E-state index in [1.54, 1.807) is 6.20 Å². The van der Waals surface area contributed by atoms with Crippen LogP contribution in [-0.4, -0.2) is 33.6 Å². The number of hydrogen-bond acceptors (Lipinski definition) is 3. The summed E-state index contributed by atoms with van der Waals surface area (Å²) in [5.74, 6) is 3.83. The molecule has 0 aliphatic carbocycles. The topological polar surface area (TPSA) is 36.4 Å². The van der Waals surface area contributed by atoms with Gasteiger partial charge in [0.25, 0.3) is 0 Å². The SMILES string of the molecule is C#CCC1[C@@H](C=C)[C@H]2CCN1[C@H]([C@H](O)c1ccnc3ccccc13)C2. The first-order valence-corrected chi connectivity index (χ1v) is 9.08. The minimum absolute atomic E-state index is 0.110.